The van der Waals surface area contributed by atoms with Crippen LogP contribution in [0, 0.1) is 5.82 Å². The van der Waals surface area contributed by atoms with Gasteiger partial charge in [0.1, 0.15) is 0 Å². The van der Waals surface area contributed by atoms with E-state index in [0.717, 1.165) is 13.0 Å². The van der Waals surface area contributed by atoms with Crippen molar-refractivity contribution >= 4 is 11.4 Å². The molecule has 1 aromatic carbocycles. The fraction of sp³-hybridized carbons (Fsp3) is 0.385. The first kappa shape index (κ1) is 14.1. The van der Waals surface area contributed by atoms with Crippen LogP contribution in [0.15, 0.2) is 24.5 Å². The van der Waals surface area contributed by atoms with Gasteiger partial charge in [0.25, 0.3) is 0 Å². The van der Waals surface area contributed by atoms with Crippen molar-refractivity contribution in [1.29, 1.82) is 0 Å². The molecule has 0 bridgehead atoms. The number of hydrogen-bond donors (Lipinski definition) is 2. The lowest BCUT2D eigenvalue weighted by Gasteiger charge is -2.12. The third-order valence-electron chi connectivity index (χ3n) is 2.76. The third kappa shape index (κ3) is 3.59. The number of nitrogens with one attached hydrogen (secondary N) is 1. The molecule has 3 N–H and O–H groups in total. The first-order valence-electron chi connectivity index (χ1n) is 6.50. The molecular formula is C13H18FN5O. The summed E-state index contributed by atoms with van der Waals surface area (Å²) in [5, 5.41) is 10.8. The van der Waals surface area contributed by atoms with Gasteiger partial charge >= 0.3 is 0 Å². The van der Waals surface area contributed by atoms with Gasteiger partial charge in [0, 0.05) is 31.4 Å². The van der Waals surface area contributed by atoms with Crippen LogP contribution in [0.1, 0.15) is 13.3 Å². The van der Waals surface area contributed by atoms with Gasteiger partial charge < -0.3 is 15.8 Å². The monoisotopic (exact) mass is 279 g/mol. The van der Waals surface area contributed by atoms with Gasteiger partial charge in [-0.3, -0.25) is 4.68 Å². The fourth-order valence-corrected chi connectivity index (χ4v) is 1.80. The standard InChI is InChI=1S/C13H18FN5O/c1-2-20-13-9-12(11(15)8-10(13)14)16-4-3-6-19-7-5-17-18-19/h5,7-9,16H,2-4,6,15H2,1H3. The molecule has 1 heterocycles. The molecule has 6 nitrogen and oxygen atoms in total. The first-order chi connectivity index (χ1) is 9.70. The van der Waals surface area contributed by atoms with Crippen molar-refractivity contribution in [3.63, 3.8) is 0 Å². The van der Waals surface area contributed by atoms with Crippen molar-refractivity contribution in [2.75, 3.05) is 24.2 Å². The molecule has 0 radical (unpaired) electrons. The SMILES string of the molecule is CCOc1cc(NCCCn2ccnn2)c(N)cc1F. The number of benzene rings is 1. The van der Waals surface area contributed by atoms with Crippen LogP contribution in [-0.4, -0.2) is 28.1 Å². The van der Waals surface area contributed by atoms with Gasteiger partial charge in [0.15, 0.2) is 11.6 Å². The Morgan fingerprint density at radius 3 is 3.00 bits per heavy atom. The lowest BCUT2D eigenvalue weighted by molar-refractivity contribution is 0.322. The Morgan fingerprint density at radius 1 is 1.45 bits per heavy atom. The average molecular weight is 279 g/mol. The average Bonchev–Trinajstić information content (AvgIpc) is 2.92. The Labute approximate surface area is 116 Å². The summed E-state index contributed by atoms with van der Waals surface area (Å²) in [6.07, 6.45) is 4.29. The van der Waals surface area contributed by atoms with E-state index in [0.29, 0.717) is 24.5 Å². The number of aromatic nitrogens is 3. The van der Waals surface area contributed by atoms with Crippen LogP contribution in [0.5, 0.6) is 5.75 Å². The summed E-state index contributed by atoms with van der Waals surface area (Å²) >= 11 is 0. The second-order valence-corrected chi connectivity index (χ2v) is 4.25. The predicted octanol–water partition coefficient (Wildman–Crippen LogP) is 1.90. The van der Waals surface area contributed by atoms with Gasteiger partial charge in [0.05, 0.1) is 24.2 Å². The van der Waals surface area contributed by atoms with Gasteiger partial charge in [-0.15, -0.1) is 5.10 Å². The lowest BCUT2D eigenvalue weighted by atomic mass is 10.2. The summed E-state index contributed by atoms with van der Waals surface area (Å²) in [4.78, 5) is 0. The highest BCUT2D eigenvalue weighted by Crippen LogP contribution is 2.28. The molecule has 0 saturated carbocycles. The van der Waals surface area contributed by atoms with Crippen molar-refractivity contribution in [3.8, 4) is 5.75 Å². The fourth-order valence-electron chi connectivity index (χ4n) is 1.80. The first-order valence-corrected chi connectivity index (χ1v) is 6.50. The van der Waals surface area contributed by atoms with E-state index in [1.165, 1.54) is 6.07 Å². The van der Waals surface area contributed by atoms with Crippen LogP contribution in [0.2, 0.25) is 0 Å². The Morgan fingerprint density at radius 2 is 2.30 bits per heavy atom. The molecule has 0 spiro atoms. The number of hydrogen-bond acceptors (Lipinski definition) is 5. The zero-order valence-corrected chi connectivity index (χ0v) is 11.3. The van der Waals surface area contributed by atoms with E-state index >= 15 is 0 Å². The van der Waals surface area contributed by atoms with Crippen molar-refractivity contribution in [2.45, 2.75) is 19.9 Å². The molecule has 2 rings (SSSR count). The second kappa shape index (κ2) is 6.74. The van der Waals surface area contributed by atoms with Gasteiger partial charge in [-0.2, -0.15) is 0 Å². The minimum absolute atomic E-state index is 0.209. The molecule has 0 saturated heterocycles. The van der Waals surface area contributed by atoms with Crippen LogP contribution in [0.4, 0.5) is 15.8 Å². The highest BCUT2D eigenvalue weighted by atomic mass is 19.1. The maximum Gasteiger partial charge on any atom is 0.167 e. The highest BCUT2D eigenvalue weighted by molar-refractivity contribution is 5.68. The Hall–Kier alpha value is -2.31. The second-order valence-electron chi connectivity index (χ2n) is 4.25. The Kier molecular flexibility index (Phi) is 4.75. The van der Waals surface area contributed by atoms with Crippen molar-refractivity contribution < 1.29 is 9.13 Å². The van der Waals surface area contributed by atoms with E-state index in [1.807, 2.05) is 0 Å². The molecule has 0 aliphatic heterocycles. The van der Waals surface area contributed by atoms with Crippen molar-refractivity contribution in [3.05, 3.63) is 30.3 Å². The maximum absolute atomic E-state index is 13.5. The molecule has 1 aromatic heterocycles. The molecule has 20 heavy (non-hydrogen) atoms. The molecule has 0 aliphatic carbocycles. The molecule has 0 unspecified atom stereocenters. The Balaban J connectivity index is 1.89. The molecule has 2 aromatic rings. The molecular weight excluding hydrogens is 261 g/mol. The number of anilines is 2. The van der Waals surface area contributed by atoms with E-state index < -0.39 is 5.82 Å². The Bertz CT molecular complexity index is 544. The minimum Gasteiger partial charge on any atom is -0.491 e. The zero-order valence-electron chi connectivity index (χ0n) is 11.3. The number of ether oxygens (including phenoxy) is 1. The van der Waals surface area contributed by atoms with Crippen LogP contribution >= 0.6 is 0 Å². The minimum atomic E-state index is -0.447. The molecule has 0 fully saturated rings. The summed E-state index contributed by atoms with van der Waals surface area (Å²) in [6, 6.07) is 2.86. The van der Waals surface area contributed by atoms with E-state index in [1.54, 1.807) is 30.1 Å². The van der Waals surface area contributed by atoms with E-state index in [4.69, 9.17) is 10.5 Å². The number of rotatable bonds is 7. The largest absolute Gasteiger partial charge is 0.491 e. The smallest absolute Gasteiger partial charge is 0.167 e. The molecule has 0 aliphatic rings. The van der Waals surface area contributed by atoms with Gasteiger partial charge in [-0.1, -0.05) is 5.21 Å². The number of halogens is 1. The zero-order chi connectivity index (χ0) is 14.4. The van der Waals surface area contributed by atoms with Crippen LogP contribution in [-0.2, 0) is 6.54 Å². The number of nitrogen functional groups attached to an aromatic ring is 1. The van der Waals surface area contributed by atoms with Gasteiger partial charge in [-0.05, 0) is 13.3 Å². The molecule has 108 valence electrons. The van der Waals surface area contributed by atoms with Crippen LogP contribution < -0.4 is 15.8 Å². The normalized spacial score (nSPS) is 10.5. The molecule has 0 atom stereocenters. The quantitative estimate of drug-likeness (QED) is 0.598. The van der Waals surface area contributed by atoms with E-state index in [9.17, 15) is 4.39 Å². The van der Waals surface area contributed by atoms with Crippen LogP contribution in [0.3, 0.4) is 0 Å². The van der Waals surface area contributed by atoms with Gasteiger partial charge in [-0.25, -0.2) is 4.39 Å². The molecule has 0 amide bonds. The predicted molar refractivity (Wildman–Crippen MR) is 75.1 cm³/mol. The lowest BCUT2D eigenvalue weighted by Crippen LogP contribution is -2.09. The maximum atomic E-state index is 13.5. The van der Waals surface area contributed by atoms with Gasteiger partial charge in [0.2, 0.25) is 0 Å². The summed E-state index contributed by atoms with van der Waals surface area (Å²) in [5.74, 6) is -0.238. The van der Waals surface area contributed by atoms with E-state index in [2.05, 4.69) is 15.6 Å². The summed E-state index contributed by atoms with van der Waals surface area (Å²) < 4.78 is 20.5. The molecule has 7 heteroatoms. The topological polar surface area (TPSA) is 78.0 Å². The summed E-state index contributed by atoms with van der Waals surface area (Å²) in [7, 11) is 0. The van der Waals surface area contributed by atoms with E-state index in [-0.39, 0.29) is 5.75 Å². The van der Waals surface area contributed by atoms with Crippen molar-refractivity contribution in [2.24, 2.45) is 0 Å². The summed E-state index contributed by atoms with van der Waals surface area (Å²) in [6.45, 7) is 3.67. The third-order valence-corrected chi connectivity index (χ3v) is 2.76. The number of aryl methyl sites for hydroxylation is 1. The number of nitrogens with zero attached hydrogens (tertiary/aromatic N) is 3. The highest BCUT2D eigenvalue weighted by Gasteiger charge is 2.08. The number of nitrogens with two attached hydrogens (primary N) is 1. The van der Waals surface area contributed by atoms with Crippen molar-refractivity contribution in [1.82, 2.24) is 15.0 Å². The van der Waals surface area contributed by atoms with Crippen LogP contribution in [0.25, 0.3) is 0 Å². The summed E-state index contributed by atoms with van der Waals surface area (Å²) in [5.41, 5.74) is 6.82.